The van der Waals surface area contributed by atoms with E-state index in [9.17, 15) is 4.79 Å². The van der Waals surface area contributed by atoms with Gasteiger partial charge in [-0.2, -0.15) is 0 Å². The number of carbonyl (C=O) groups excluding carboxylic acids is 1. The van der Waals surface area contributed by atoms with Crippen LogP contribution >= 0.6 is 0 Å². The molecular weight excluding hydrogens is 212 g/mol. The van der Waals surface area contributed by atoms with Crippen molar-refractivity contribution in [3.8, 4) is 11.8 Å². The zero-order valence-electron chi connectivity index (χ0n) is 13.2. The second-order valence-electron chi connectivity index (χ2n) is 4.06. The Morgan fingerprint density at radius 1 is 1.12 bits per heavy atom. The van der Waals surface area contributed by atoms with E-state index in [2.05, 4.69) is 23.5 Å². The fourth-order valence-corrected chi connectivity index (χ4v) is 1.43. The van der Waals surface area contributed by atoms with E-state index in [1.165, 1.54) is 7.11 Å². The molecule has 0 aliphatic carbocycles. The molecule has 17 heavy (non-hydrogen) atoms. The Labute approximate surface area is 109 Å². The topological polar surface area (TPSA) is 26.3 Å². The number of methoxy groups -OCH3 is 1. The van der Waals surface area contributed by atoms with Gasteiger partial charge in [0.1, 0.15) is 0 Å². The average molecular weight is 240 g/mol. The third kappa shape index (κ3) is 13.0. The first-order valence-corrected chi connectivity index (χ1v) is 6.58. The summed E-state index contributed by atoms with van der Waals surface area (Å²) in [4.78, 5) is 10.7. The second-order valence-corrected chi connectivity index (χ2v) is 4.06. The highest BCUT2D eigenvalue weighted by molar-refractivity contribution is 5.88. The Balaban J connectivity index is 3.49. The predicted molar refractivity (Wildman–Crippen MR) is 71.6 cm³/mol. The number of hydrogen-bond acceptors (Lipinski definition) is 2. The van der Waals surface area contributed by atoms with Crippen molar-refractivity contribution in [2.45, 2.75) is 71.1 Å². The molecule has 0 radical (unpaired) electrons. The minimum Gasteiger partial charge on any atom is -0.459 e. The van der Waals surface area contributed by atoms with Crippen LogP contribution in [0.1, 0.15) is 73.8 Å². The highest BCUT2D eigenvalue weighted by Crippen LogP contribution is 2.10. The summed E-state index contributed by atoms with van der Waals surface area (Å²) < 4.78 is 20.1. The molecule has 0 atom stereocenters. The van der Waals surface area contributed by atoms with Gasteiger partial charge in [-0.1, -0.05) is 64.2 Å². The smallest absolute Gasteiger partial charge is 0.384 e. The van der Waals surface area contributed by atoms with Crippen LogP contribution in [0.15, 0.2) is 0 Å². The average Bonchev–Trinajstić information content (AvgIpc) is 2.39. The van der Waals surface area contributed by atoms with Crippen LogP contribution in [0, 0.1) is 11.8 Å². The van der Waals surface area contributed by atoms with Crippen molar-refractivity contribution in [2.24, 2.45) is 0 Å². The third-order valence-corrected chi connectivity index (χ3v) is 2.49. The maximum absolute atomic E-state index is 10.7. The molecule has 2 heteroatoms. The Hall–Kier alpha value is -0.970. The highest BCUT2D eigenvalue weighted by atomic mass is 16.5. The van der Waals surface area contributed by atoms with E-state index in [0.717, 1.165) is 38.5 Å². The monoisotopic (exact) mass is 240 g/mol. The Morgan fingerprint density at radius 3 is 2.47 bits per heavy atom. The van der Waals surface area contributed by atoms with Gasteiger partial charge in [0.15, 0.2) is 0 Å². The molecule has 0 heterocycles. The van der Waals surface area contributed by atoms with Crippen LogP contribution in [-0.2, 0) is 9.53 Å². The third-order valence-electron chi connectivity index (χ3n) is 2.49. The molecule has 0 aliphatic heterocycles. The van der Waals surface area contributed by atoms with Gasteiger partial charge in [-0.3, -0.25) is 0 Å². The molecule has 0 aromatic heterocycles. The lowest BCUT2D eigenvalue weighted by molar-refractivity contribution is -0.133. The van der Waals surface area contributed by atoms with Crippen LogP contribution in [0.4, 0.5) is 0 Å². The maximum Gasteiger partial charge on any atom is 0.384 e. The first-order chi connectivity index (χ1) is 9.02. The lowest BCUT2D eigenvalue weighted by atomic mass is 10.1. The summed E-state index contributed by atoms with van der Waals surface area (Å²) in [6.45, 7) is 2.09. The summed E-state index contributed by atoms with van der Waals surface area (Å²) in [6.07, 6.45) is 7.02. The SMILES string of the molecule is [2H]C([2H])(CCCC)CCCCCCC#CC(=O)OC. The molecule has 0 rings (SSSR count). The minimum absolute atomic E-state index is 0.482. The van der Waals surface area contributed by atoms with E-state index in [4.69, 9.17) is 2.74 Å². The molecule has 0 fully saturated rings. The number of unbranched alkanes of at least 4 members (excludes halogenated alkanes) is 5. The fraction of sp³-hybridized carbons (Fsp3) is 0.800. The van der Waals surface area contributed by atoms with Crippen molar-refractivity contribution in [1.82, 2.24) is 0 Å². The number of carbonyl (C=O) groups is 1. The van der Waals surface area contributed by atoms with Crippen LogP contribution in [0.2, 0.25) is 0 Å². The molecule has 98 valence electrons. The number of esters is 1. The van der Waals surface area contributed by atoms with Gasteiger partial charge in [0, 0.05) is 15.1 Å². The summed E-state index contributed by atoms with van der Waals surface area (Å²) >= 11 is 0. The van der Waals surface area contributed by atoms with Crippen LogP contribution in [-0.4, -0.2) is 13.1 Å². The van der Waals surface area contributed by atoms with Gasteiger partial charge >= 0.3 is 5.97 Å². The zero-order valence-corrected chi connectivity index (χ0v) is 11.2. The quantitative estimate of drug-likeness (QED) is 0.263. The Bertz CT molecular complexity index is 303. The minimum atomic E-state index is -0.999. The van der Waals surface area contributed by atoms with Crippen LogP contribution < -0.4 is 0 Å². The molecule has 0 saturated heterocycles. The summed E-state index contributed by atoms with van der Waals surface area (Å²) in [5, 5.41) is 0. The highest BCUT2D eigenvalue weighted by Gasteiger charge is 1.92. The number of ether oxygens (including phenoxy) is 1. The molecule has 0 aromatic carbocycles. The van der Waals surface area contributed by atoms with Crippen molar-refractivity contribution in [1.29, 1.82) is 0 Å². The van der Waals surface area contributed by atoms with E-state index < -0.39 is 12.3 Å². The first kappa shape index (κ1) is 12.5. The standard InChI is InChI=1S/C15H26O2/c1-3-4-5-6-7-8-9-10-11-12-13-14-15(16)17-2/h3-12H2,1-2H3/i6D2. The van der Waals surface area contributed by atoms with Crippen LogP contribution in [0.5, 0.6) is 0 Å². The van der Waals surface area contributed by atoms with Crippen LogP contribution in [0.3, 0.4) is 0 Å². The van der Waals surface area contributed by atoms with Gasteiger partial charge in [0.05, 0.1) is 7.11 Å². The van der Waals surface area contributed by atoms with E-state index in [0.29, 0.717) is 19.3 Å². The number of hydrogen-bond donors (Lipinski definition) is 0. The zero-order chi connectivity index (χ0) is 14.6. The fourth-order valence-electron chi connectivity index (χ4n) is 1.43. The molecule has 0 N–H and O–H groups in total. The van der Waals surface area contributed by atoms with Crippen molar-refractivity contribution < 1.29 is 12.3 Å². The van der Waals surface area contributed by atoms with E-state index in [1.807, 2.05) is 0 Å². The van der Waals surface area contributed by atoms with Gasteiger partial charge < -0.3 is 4.74 Å². The molecule has 2 nitrogen and oxygen atoms in total. The van der Waals surface area contributed by atoms with Crippen molar-refractivity contribution in [3.63, 3.8) is 0 Å². The molecule has 0 bridgehead atoms. The molecule has 0 aliphatic rings. The van der Waals surface area contributed by atoms with E-state index in [-0.39, 0.29) is 0 Å². The molecular formula is C15H26O2. The lowest BCUT2D eigenvalue weighted by Crippen LogP contribution is -1.94. The van der Waals surface area contributed by atoms with Crippen molar-refractivity contribution in [3.05, 3.63) is 0 Å². The van der Waals surface area contributed by atoms with E-state index >= 15 is 0 Å². The summed E-state index contributed by atoms with van der Waals surface area (Å²) in [5.41, 5.74) is 0. The van der Waals surface area contributed by atoms with Crippen LogP contribution in [0.25, 0.3) is 0 Å². The molecule has 0 unspecified atom stereocenters. The molecule has 0 spiro atoms. The van der Waals surface area contributed by atoms with Gasteiger partial charge in [-0.25, -0.2) is 4.79 Å². The molecule has 0 saturated carbocycles. The molecule has 0 amide bonds. The molecule has 0 aromatic rings. The Kier molecular flexibility index (Phi) is 9.62. The maximum atomic E-state index is 10.7. The summed E-state index contributed by atoms with van der Waals surface area (Å²) in [7, 11) is 1.32. The normalized spacial score (nSPS) is 12.1. The van der Waals surface area contributed by atoms with Gasteiger partial charge in [-0.15, -0.1) is 0 Å². The van der Waals surface area contributed by atoms with Gasteiger partial charge in [0.2, 0.25) is 0 Å². The predicted octanol–water partition coefficient (Wildman–Crippen LogP) is 4.08. The largest absolute Gasteiger partial charge is 0.459 e. The van der Waals surface area contributed by atoms with Crippen molar-refractivity contribution >= 4 is 5.97 Å². The Morgan fingerprint density at radius 2 is 1.76 bits per heavy atom. The lowest BCUT2D eigenvalue weighted by Gasteiger charge is -2.00. The van der Waals surface area contributed by atoms with E-state index in [1.54, 1.807) is 0 Å². The summed E-state index contributed by atoms with van der Waals surface area (Å²) in [6, 6.07) is 0. The van der Waals surface area contributed by atoms with Gasteiger partial charge in [-0.05, 0) is 6.42 Å². The first-order valence-electron chi connectivity index (χ1n) is 7.58. The summed E-state index contributed by atoms with van der Waals surface area (Å²) in [5.74, 6) is 4.69. The van der Waals surface area contributed by atoms with Crippen molar-refractivity contribution in [2.75, 3.05) is 7.11 Å². The number of rotatable bonds is 9. The second kappa shape index (κ2) is 13.1. The van der Waals surface area contributed by atoms with Gasteiger partial charge in [0.25, 0.3) is 0 Å².